The van der Waals surface area contributed by atoms with Crippen molar-refractivity contribution in [3.8, 4) is 0 Å². The van der Waals surface area contributed by atoms with Crippen molar-refractivity contribution in [1.29, 1.82) is 0 Å². The van der Waals surface area contributed by atoms with Crippen LogP contribution < -0.4 is 0 Å². The molecule has 1 heterocycles. The van der Waals surface area contributed by atoms with E-state index >= 15 is 0 Å². The van der Waals surface area contributed by atoms with Crippen molar-refractivity contribution in [2.75, 3.05) is 33.2 Å². The zero-order valence-corrected chi connectivity index (χ0v) is 10.9. The minimum atomic E-state index is -3.50. The molecule has 1 rings (SSSR count). The third-order valence-corrected chi connectivity index (χ3v) is 4.27. The lowest BCUT2D eigenvalue weighted by Crippen LogP contribution is -2.29. The number of hydrogen-bond acceptors (Lipinski definition) is 3. The lowest BCUT2D eigenvalue weighted by molar-refractivity contribution is 0.281. The minimum absolute atomic E-state index is 0.426. The van der Waals surface area contributed by atoms with E-state index in [4.69, 9.17) is 10.7 Å². The Labute approximate surface area is 96.7 Å². The van der Waals surface area contributed by atoms with Gasteiger partial charge < -0.3 is 4.90 Å². The second-order valence-corrected chi connectivity index (χ2v) is 6.73. The molecule has 1 unspecified atom stereocenters. The number of halogens is 1. The molecule has 0 N–H and O–H groups in total. The molecule has 0 amide bonds. The predicted octanol–water partition coefficient (Wildman–Crippen LogP) is 1.13. The maximum Gasteiger partial charge on any atom is 0.299 e. The highest BCUT2D eigenvalue weighted by molar-refractivity contribution is 8.11. The van der Waals surface area contributed by atoms with Gasteiger partial charge in [0.2, 0.25) is 0 Å². The van der Waals surface area contributed by atoms with Gasteiger partial charge in [-0.1, -0.05) is 6.92 Å². The van der Waals surface area contributed by atoms with Crippen molar-refractivity contribution in [3.05, 3.63) is 0 Å². The molecule has 0 aromatic carbocycles. The molecule has 90 valence electrons. The number of nitrogens with zero attached hydrogens (tertiary/aromatic N) is 2. The Balaban J connectivity index is 2.37. The smallest absolute Gasteiger partial charge is 0.299 e. The van der Waals surface area contributed by atoms with E-state index in [0.717, 1.165) is 25.9 Å². The van der Waals surface area contributed by atoms with Gasteiger partial charge in [-0.05, 0) is 32.4 Å². The fraction of sp³-hybridized carbons (Fsp3) is 1.00. The van der Waals surface area contributed by atoms with E-state index in [-0.39, 0.29) is 0 Å². The van der Waals surface area contributed by atoms with Crippen LogP contribution in [0, 0.1) is 5.92 Å². The maximum absolute atomic E-state index is 11.1. The third-order valence-electron chi connectivity index (χ3n) is 2.73. The largest absolute Gasteiger partial charge is 0.306 e. The summed E-state index contributed by atoms with van der Waals surface area (Å²) in [7, 11) is 3.86. The fourth-order valence-corrected chi connectivity index (χ4v) is 3.15. The van der Waals surface area contributed by atoms with E-state index in [1.165, 1.54) is 4.31 Å². The van der Waals surface area contributed by atoms with Gasteiger partial charge in [0.25, 0.3) is 9.24 Å². The first-order valence-corrected chi connectivity index (χ1v) is 7.58. The van der Waals surface area contributed by atoms with E-state index in [0.29, 0.717) is 19.0 Å². The molecule has 6 heteroatoms. The quantitative estimate of drug-likeness (QED) is 0.691. The topological polar surface area (TPSA) is 40.6 Å². The standard InChI is InChI=1S/C9H19ClN2O2S/c1-3-5-11(2)7-9-4-6-12(8-9)15(10,13)14/h9H,3-8H2,1-2H3. The molecule has 0 radical (unpaired) electrons. The molecule has 4 nitrogen and oxygen atoms in total. The molecule has 1 aliphatic rings. The first-order valence-electron chi connectivity index (χ1n) is 5.31. The molecular formula is C9H19ClN2O2S. The first kappa shape index (κ1) is 13.2. The molecule has 1 atom stereocenters. The Morgan fingerprint density at radius 1 is 1.53 bits per heavy atom. The Morgan fingerprint density at radius 2 is 2.20 bits per heavy atom. The van der Waals surface area contributed by atoms with Gasteiger partial charge in [0.15, 0.2) is 0 Å². The summed E-state index contributed by atoms with van der Waals surface area (Å²) >= 11 is 0. The van der Waals surface area contributed by atoms with Crippen LogP contribution in [0.15, 0.2) is 0 Å². The van der Waals surface area contributed by atoms with E-state index in [1.807, 2.05) is 0 Å². The Hall–Kier alpha value is 0.160. The second kappa shape index (κ2) is 5.48. The van der Waals surface area contributed by atoms with Gasteiger partial charge in [-0.3, -0.25) is 0 Å². The van der Waals surface area contributed by atoms with E-state index in [2.05, 4.69) is 18.9 Å². The van der Waals surface area contributed by atoms with Gasteiger partial charge in [-0.2, -0.15) is 12.7 Å². The van der Waals surface area contributed by atoms with Gasteiger partial charge in [0.05, 0.1) is 0 Å². The predicted molar refractivity (Wildman–Crippen MR) is 62.2 cm³/mol. The van der Waals surface area contributed by atoms with E-state index in [1.54, 1.807) is 0 Å². The summed E-state index contributed by atoms with van der Waals surface area (Å²) in [6.45, 7) is 5.29. The highest BCUT2D eigenvalue weighted by Crippen LogP contribution is 2.21. The summed E-state index contributed by atoms with van der Waals surface area (Å²) in [5, 5.41) is 0. The van der Waals surface area contributed by atoms with Gasteiger partial charge in [0.1, 0.15) is 0 Å². The van der Waals surface area contributed by atoms with Crippen molar-refractivity contribution in [3.63, 3.8) is 0 Å². The lowest BCUT2D eigenvalue weighted by Gasteiger charge is -2.19. The van der Waals surface area contributed by atoms with Crippen LogP contribution in [-0.4, -0.2) is 50.8 Å². The average Bonchev–Trinajstić information content (AvgIpc) is 2.52. The lowest BCUT2D eigenvalue weighted by atomic mass is 10.1. The summed E-state index contributed by atoms with van der Waals surface area (Å²) in [6, 6.07) is 0. The van der Waals surface area contributed by atoms with E-state index in [9.17, 15) is 8.42 Å². The molecule has 1 saturated heterocycles. The third kappa shape index (κ3) is 4.26. The monoisotopic (exact) mass is 254 g/mol. The summed E-state index contributed by atoms with van der Waals surface area (Å²) in [5.41, 5.74) is 0. The highest BCUT2D eigenvalue weighted by Gasteiger charge is 2.30. The number of rotatable bonds is 5. The Kier molecular flexibility index (Phi) is 4.83. The van der Waals surface area contributed by atoms with Gasteiger partial charge in [-0.15, -0.1) is 0 Å². The summed E-state index contributed by atoms with van der Waals surface area (Å²) in [4.78, 5) is 2.25. The molecular weight excluding hydrogens is 236 g/mol. The number of hydrogen-bond donors (Lipinski definition) is 0. The van der Waals surface area contributed by atoms with Crippen LogP contribution >= 0.6 is 10.7 Å². The van der Waals surface area contributed by atoms with Crippen molar-refractivity contribution in [1.82, 2.24) is 9.21 Å². The molecule has 0 spiro atoms. The highest BCUT2D eigenvalue weighted by atomic mass is 35.7. The molecule has 15 heavy (non-hydrogen) atoms. The van der Waals surface area contributed by atoms with Crippen LogP contribution in [0.1, 0.15) is 19.8 Å². The van der Waals surface area contributed by atoms with Crippen molar-refractivity contribution in [2.24, 2.45) is 5.92 Å². The summed E-state index contributed by atoms with van der Waals surface area (Å²) < 4.78 is 23.5. The van der Waals surface area contributed by atoms with Gasteiger partial charge >= 0.3 is 0 Å². The molecule has 0 bridgehead atoms. The Bertz CT molecular complexity index is 294. The van der Waals surface area contributed by atoms with Crippen molar-refractivity contribution in [2.45, 2.75) is 19.8 Å². The first-order chi connectivity index (χ1) is 6.93. The fourth-order valence-electron chi connectivity index (χ4n) is 2.06. The zero-order chi connectivity index (χ0) is 11.5. The molecule has 1 fully saturated rings. The summed E-state index contributed by atoms with van der Waals surface area (Å²) in [5.74, 6) is 0.426. The van der Waals surface area contributed by atoms with Crippen molar-refractivity contribution < 1.29 is 8.42 Å². The summed E-state index contributed by atoms with van der Waals surface area (Å²) in [6.07, 6.45) is 2.04. The zero-order valence-electron chi connectivity index (χ0n) is 9.32. The second-order valence-electron chi connectivity index (χ2n) is 4.22. The van der Waals surface area contributed by atoms with E-state index < -0.39 is 9.24 Å². The minimum Gasteiger partial charge on any atom is -0.306 e. The van der Waals surface area contributed by atoms with Crippen LogP contribution in [0.4, 0.5) is 0 Å². The van der Waals surface area contributed by atoms with Crippen LogP contribution in [0.5, 0.6) is 0 Å². The Morgan fingerprint density at radius 3 is 2.67 bits per heavy atom. The molecule has 0 saturated carbocycles. The van der Waals surface area contributed by atoms with Crippen molar-refractivity contribution >= 4 is 19.9 Å². The van der Waals surface area contributed by atoms with Crippen LogP contribution in [0.2, 0.25) is 0 Å². The maximum atomic E-state index is 11.1. The normalized spacial score (nSPS) is 23.9. The molecule has 0 aliphatic carbocycles. The SMILES string of the molecule is CCCN(C)CC1CCN(S(=O)(=O)Cl)C1. The van der Waals surface area contributed by atoms with Crippen LogP contribution in [0.25, 0.3) is 0 Å². The molecule has 1 aliphatic heterocycles. The van der Waals surface area contributed by atoms with Crippen LogP contribution in [0.3, 0.4) is 0 Å². The average molecular weight is 255 g/mol. The molecule has 0 aromatic heterocycles. The van der Waals surface area contributed by atoms with Gasteiger partial charge in [0, 0.05) is 30.3 Å². The van der Waals surface area contributed by atoms with Gasteiger partial charge in [-0.25, -0.2) is 0 Å². The molecule has 0 aromatic rings. The van der Waals surface area contributed by atoms with Crippen LogP contribution in [-0.2, 0) is 9.24 Å².